The summed E-state index contributed by atoms with van der Waals surface area (Å²) in [6.45, 7) is 1.87. The van der Waals surface area contributed by atoms with Crippen molar-refractivity contribution in [1.82, 2.24) is 0 Å². The summed E-state index contributed by atoms with van der Waals surface area (Å²) in [7, 11) is 0. The molecule has 10 heavy (non-hydrogen) atoms. The van der Waals surface area contributed by atoms with Gasteiger partial charge in [0.2, 0.25) is 0 Å². The lowest BCUT2D eigenvalue weighted by Crippen LogP contribution is -1.92. The number of hydrogen-bond donors (Lipinski definition) is 1. The van der Waals surface area contributed by atoms with Crippen LogP contribution in [0.5, 0.6) is 0 Å². The van der Waals surface area contributed by atoms with Crippen LogP contribution in [0.4, 0.5) is 0 Å². The van der Waals surface area contributed by atoms with Crippen molar-refractivity contribution in [2.75, 3.05) is 0 Å². The second-order valence-electron chi connectivity index (χ2n) is 2.32. The Kier molecular flexibility index (Phi) is 1.77. The van der Waals surface area contributed by atoms with E-state index in [0.29, 0.717) is 12.0 Å². The van der Waals surface area contributed by atoms with Crippen molar-refractivity contribution in [3.8, 4) is 12.0 Å². The molecule has 0 aromatic rings. The average Bonchev–Trinajstić information content (AvgIpc) is 2.20. The van der Waals surface area contributed by atoms with Crippen LogP contribution in [0.1, 0.15) is 19.8 Å². The van der Waals surface area contributed by atoms with Crippen LogP contribution in [0.2, 0.25) is 0 Å². The summed E-state index contributed by atoms with van der Waals surface area (Å²) >= 11 is 0. The number of rotatable bonds is 0. The molecular formula is C8H8O2. The summed E-state index contributed by atoms with van der Waals surface area (Å²) in [5.41, 5.74) is 1.49. The highest BCUT2D eigenvalue weighted by atomic mass is 16.2. The maximum absolute atomic E-state index is 10.9. The Labute approximate surface area is 59.6 Å². The maximum Gasteiger partial charge on any atom is 0.171 e. The minimum absolute atomic E-state index is 0.0547. The molecule has 0 heterocycles. The molecule has 0 amide bonds. The van der Waals surface area contributed by atoms with Crippen LogP contribution in [-0.2, 0) is 4.79 Å². The minimum Gasteiger partial charge on any atom is -0.462 e. The third kappa shape index (κ3) is 1.03. The number of allylic oxidation sites excluding steroid dienone is 2. The smallest absolute Gasteiger partial charge is 0.171 e. The van der Waals surface area contributed by atoms with E-state index in [0.717, 1.165) is 12.0 Å². The van der Waals surface area contributed by atoms with Crippen LogP contribution in [-0.4, -0.2) is 10.9 Å². The van der Waals surface area contributed by atoms with Crippen LogP contribution in [0.15, 0.2) is 11.1 Å². The van der Waals surface area contributed by atoms with Crippen molar-refractivity contribution in [3.63, 3.8) is 0 Å². The molecule has 0 aromatic heterocycles. The third-order valence-electron chi connectivity index (χ3n) is 1.61. The second kappa shape index (κ2) is 2.57. The van der Waals surface area contributed by atoms with E-state index in [-0.39, 0.29) is 5.78 Å². The van der Waals surface area contributed by atoms with Gasteiger partial charge in [-0.3, -0.25) is 4.79 Å². The van der Waals surface area contributed by atoms with Gasteiger partial charge in [-0.2, -0.15) is 0 Å². The van der Waals surface area contributed by atoms with E-state index < -0.39 is 0 Å². The van der Waals surface area contributed by atoms with Gasteiger partial charge < -0.3 is 5.11 Å². The van der Waals surface area contributed by atoms with Gasteiger partial charge in [-0.05, 0) is 19.3 Å². The number of ketones is 1. The number of carbonyl (C=O) groups excluding carboxylic acids is 1. The topological polar surface area (TPSA) is 37.3 Å². The first-order valence-corrected chi connectivity index (χ1v) is 3.13. The lowest BCUT2D eigenvalue weighted by atomic mass is 10.2. The molecule has 1 N–H and O–H groups in total. The fraction of sp³-hybridized carbons (Fsp3) is 0.375. The molecule has 0 saturated heterocycles. The van der Waals surface area contributed by atoms with Crippen molar-refractivity contribution in [2.45, 2.75) is 19.8 Å². The van der Waals surface area contributed by atoms with Gasteiger partial charge in [0.1, 0.15) is 6.11 Å². The Balaban J connectivity index is 2.96. The molecule has 1 rings (SSSR count). The molecule has 0 atom stereocenters. The van der Waals surface area contributed by atoms with Crippen LogP contribution in [0, 0.1) is 12.0 Å². The molecule has 0 aliphatic heterocycles. The Morgan fingerprint density at radius 1 is 1.50 bits per heavy atom. The van der Waals surface area contributed by atoms with Gasteiger partial charge in [-0.15, -0.1) is 0 Å². The molecule has 0 aromatic carbocycles. The SMILES string of the molecule is CC1=C(C#CO)C(=O)CC1. The van der Waals surface area contributed by atoms with Gasteiger partial charge in [0.15, 0.2) is 5.78 Å². The number of aliphatic hydroxyl groups is 1. The van der Waals surface area contributed by atoms with E-state index in [1.165, 1.54) is 0 Å². The predicted octanol–water partition coefficient (Wildman–Crippen LogP) is 0.999. The monoisotopic (exact) mass is 136 g/mol. The molecule has 2 nitrogen and oxygen atoms in total. The standard InChI is InChI=1S/C8H8O2/c1-6-2-3-8(10)7(6)4-5-9/h9H,2-3H2,1H3. The molecule has 1 aliphatic carbocycles. The number of hydrogen-bond acceptors (Lipinski definition) is 2. The summed E-state index contributed by atoms with van der Waals surface area (Å²) in [5, 5.41) is 8.21. The third-order valence-corrected chi connectivity index (χ3v) is 1.61. The summed E-state index contributed by atoms with van der Waals surface area (Å²) < 4.78 is 0. The molecule has 2 heteroatoms. The Hall–Kier alpha value is -1.23. The van der Waals surface area contributed by atoms with Crippen molar-refractivity contribution in [3.05, 3.63) is 11.1 Å². The Bertz CT molecular complexity index is 250. The van der Waals surface area contributed by atoms with E-state index in [1.807, 2.05) is 6.92 Å². The second-order valence-corrected chi connectivity index (χ2v) is 2.32. The Morgan fingerprint density at radius 3 is 2.60 bits per heavy atom. The molecule has 0 spiro atoms. The zero-order valence-electron chi connectivity index (χ0n) is 5.77. The molecule has 0 bridgehead atoms. The van der Waals surface area contributed by atoms with Crippen LogP contribution < -0.4 is 0 Å². The largest absolute Gasteiger partial charge is 0.462 e. The number of Topliss-reactive ketones (excluding diaryl/α,β-unsaturated/α-hetero) is 1. The fourth-order valence-electron chi connectivity index (χ4n) is 1.02. The lowest BCUT2D eigenvalue weighted by Gasteiger charge is -1.86. The van der Waals surface area contributed by atoms with E-state index in [2.05, 4.69) is 5.92 Å². The highest BCUT2D eigenvalue weighted by Crippen LogP contribution is 2.20. The van der Waals surface area contributed by atoms with Crippen LogP contribution in [0.3, 0.4) is 0 Å². The molecule has 1 aliphatic rings. The fourth-order valence-corrected chi connectivity index (χ4v) is 1.02. The zero-order chi connectivity index (χ0) is 7.56. The number of aliphatic hydroxyl groups excluding tert-OH is 1. The molecule has 0 fully saturated rings. The van der Waals surface area contributed by atoms with Crippen molar-refractivity contribution in [1.29, 1.82) is 0 Å². The van der Waals surface area contributed by atoms with Gasteiger partial charge in [-0.25, -0.2) is 0 Å². The first-order chi connectivity index (χ1) is 4.75. The van der Waals surface area contributed by atoms with Crippen LogP contribution >= 0.6 is 0 Å². The van der Waals surface area contributed by atoms with E-state index in [4.69, 9.17) is 5.11 Å². The summed E-state index contributed by atoms with van der Waals surface area (Å²) in [6, 6.07) is 0. The van der Waals surface area contributed by atoms with Crippen molar-refractivity contribution in [2.24, 2.45) is 0 Å². The van der Waals surface area contributed by atoms with Crippen molar-refractivity contribution >= 4 is 5.78 Å². The highest BCUT2D eigenvalue weighted by Gasteiger charge is 2.17. The van der Waals surface area contributed by atoms with Crippen molar-refractivity contribution < 1.29 is 9.90 Å². The first-order valence-electron chi connectivity index (χ1n) is 3.13. The summed E-state index contributed by atoms with van der Waals surface area (Å²) in [6.07, 6.45) is 3.09. The zero-order valence-corrected chi connectivity index (χ0v) is 5.77. The van der Waals surface area contributed by atoms with Crippen LogP contribution in [0.25, 0.3) is 0 Å². The maximum atomic E-state index is 10.9. The van der Waals surface area contributed by atoms with Gasteiger partial charge in [0, 0.05) is 6.42 Å². The summed E-state index contributed by atoms with van der Waals surface area (Å²) in [5.74, 6) is 2.43. The molecular weight excluding hydrogens is 128 g/mol. The van der Waals surface area contributed by atoms with Gasteiger partial charge in [0.05, 0.1) is 5.57 Å². The normalized spacial score (nSPS) is 17.1. The molecule has 0 unspecified atom stereocenters. The van der Waals surface area contributed by atoms with E-state index in [9.17, 15) is 4.79 Å². The van der Waals surface area contributed by atoms with E-state index >= 15 is 0 Å². The first kappa shape index (κ1) is 6.88. The number of carbonyl (C=O) groups is 1. The quantitative estimate of drug-likeness (QED) is 0.504. The molecule has 0 radical (unpaired) electrons. The predicted molar refractivity (Wildman–Crippen MR) is 36.7 cm³/mol. The van der Waals surface area contributed by atoms with E-state index in [1.54, 1.807) is 6.11 Å². The molecule has 0 saturated carbocycles. The Morgan fingerprint density at radius 2 is 2.20 bits per heavy atom. The lowest BCUT2D eigenvalue weighted by molar-refractivity contribution is -0.114. The highest BCUT2D eigenvalue weighted by molar-refractivity contribution is 6.02. The van der Waals surface area contributed by atoms with Gasteiger partial charge in [-0.1, -0.05) is 5.57 Å². The van der Waals surface area contributed by atoms with Gasteiger partial charge in [0.25, 0.3) is 0 Å². The molecule has 52 valence electrons. The average molecular weight is 136 g/mol. The minimum atomic E-state index is 0.0547. The van der Waals surface area contributed by atoms with Gasteiger partial charge >= 0.3 is 0 Å². The summed E-state index contributed by atoms with van der Waals surface area (Å²) in [4.78, 5) is 10.9.